The van der Waals surface area contributed by atoms with Gasteiger partial charge < -0.3 is 25.4 Å². The molecule has 0 saturated heterocycles. The minimum absolute atomic E-state index is 0.205. The molecule has 0 fully saturated rings. The molecule has 0 aromatic rings. The van der Waals surface area contributed by atoms with Gasteiger partial charge in [0.25, 0.3) is 0 Å². The van der Waals surface area contributed by atoms with Gasteiger partial charge in [-0.2, -0.15) is 0 Å². The fourth-order valence-electron chi connectivity index (χ4n) is 1.62. The van der Waals surface area contributed by atoms with E-state index in [1.807, 2.05) is 25.8 Å². The number of urea groups is 1. The Hall–Kier alpha value is -1.34. The summed E-state index contributed by atoms with van der Waals surface area (Å²) in [6.45, 7) is 6.39. The molecule has 0 bridgehead atoms. The third-order valence-corrected chi connectivity index (χ3v) is 2.77. The Morgan fingerprint density at radius 2 is 1.95 bits per heavy atom. The van der Waals surface area contributed by atoms with Crippen LogP contribution < -0.4 is 10.6 Å². The smallest absolute Gasteiger partial charge is 0.326 e. The largest absolute Gasteiger partial charge is 0.480 e. The molecular weight excluding hydrogens is 262 g/mol. The number of hydrogen-bond donors (Lipinski definition) is 3. The standard InChI is InChI=1S/C13H27N3O4/c1-10(2)9-11(12(17)18)15-13(19)14-5-6-16(3)7-8-20-4/h10-11H,5-9H2,1-4H3,(H,17,18)(H2,14,15,19)/t11-/m0/s1. The number of rotatable bonds is 10. The maximum Gasteiger partial charge on any atom is 0.326 e. The van der Waals surface area contributed by atoms with E-state index in [4.69, 9.17) is 9.84 Å². The Morgan fingerprint density at radius 1 is 1.30 bits per heavy atom. The molecule has 2 amide bonds. The predicted octanol–water partition coefficient (Wildman–Crippen LogP) is 0.363. The average Bonchev–Trinajstić information content (AvgIpc) is 2.34. The molecule has 0 unspecified atom stereocenters. The van der Waals surface area contributed by atoms with Crippen LogP contribution in [0.25, 0.3) is 0 Å². The third-order valence-electron chi connectivity index (χ3n) is 2.77. The van der Waals surface area contributed by atoms with Crippen molar-refractivity contribution in [1.29, 1.82) is 0 Å². The summed E-state index contributed by atoms with van der Waals surface area (Å²) in [5, 5.41) is 14.1. The molecule has 7 nitrogen and oxygen atoms in total. The fraction of sp³-hybridized carbons (Fsp3) is 0.846. The molecule has 0 aliphatic carbocycles. The van der Waals surface area contributed by atoms with Crippen molar-refractivity contribution in [2.75, 3.05) is 40.4 Å². The first-order valence-corrected chi connectivity index (χ1v) is 6.81. The van der Waals surface area contributed by atoms with E-state index >= 15 is 0 Å². The van der Waals surface area contributed by atoms with Crippen LogP contribution in [0.4, 0.5) is 4.79 Å². The fourth-order valence-corrected chi connectivity index (χ4v) is 1.62. The summed E-state index contributed by atoms with van der Waals surface area (Å²) >= 11 is 0. The summed E-state index contributed by atoms with van der Waals surface area (Å²) in [5.74, 6) is -0.803. The quantitative estimate of drug-likeness (QED) is 0.540. The van der Waals surface area contributed by atoms with E-state index < -0.39 is 18.0 Å². The highest BCUT2D eigenvalue weighted by Gasteiger charge is 2.20. The van der Waals surface area contributed by atoms with E-state index in [-0.39, 0.29) is 5.92 Å². The van der Waals surface area contributed by atoms with E-state index in [9.17, 15) is 9.59 Å². The number of likely N-dealkylation sites (N-methyl/N-ethyl adjacent to an activating group) is 1. The Kier molecular flexibility index (Phi) is 9.75. The van der Waals surface area contributed by atoms with Crippen molar-refractivity contribution < 1.29 is 19.4 Å². The number of carboxylic acid groups (broad SMARTS) is 1. The van der Waals surface area contributed by atoms with Gasteiger partial charge in [-0.25, -0.2) is 9.59 Å². The maximum atomic E-state index is 11.6. The number of aliphatic carboxylic acids is 1. The molecule has 7 heteroatoms. The van der Waals surface area contributed by atoms with Crippen molar-refractivity contribution in [2.24, 2.45) is 5.92 Å². The number of carboxylic acids is 1. The maximum absolute atomic E-state index is 11.6. The van der Waals surface area contributed by atoms with Gasteiger partial charge in [0, 0.05) is 26.7 Å². The SMILES string of the molecule is COCCN(C)CCNC(=O)N[C@@H](CC(C)C)C(=O)O. The Labute approximate surface area is 120 Å². The number of carbonyl (C=O) groups is 2. The molecule has 0 heterocycles. The molecule has 0 aliphatic heterocycles. The monoisotopic (exact) mass is 289 g/mol. The lowest BCUT2D eigenvalue weighted by Gasteiger charge is -2.19. The van der Waals surface area contributed by atoms with Crippen molar-refractivity contribution in [3.05, 3.63) is 0 Å². The highest BCUT2D eigenvalue weighted by Crippen LogP contribution is 2.04. The summed E-state index contributed by atoms with van der Waals surface area (Å²) in [4.78, 5) is 24.6. The highest BCUT2D eigenvalue weighted by molar-refractivity contribution is 5.82. The van der Waals surface area contributed by atoms with E-state index in [1.165, 1.54) is 0 Å². The van der Waals surface area contributed by atoms with Crippen LogP contribution in [0.15, 0.2) is 0 Å². The minimum Gasteiger partial charge on any atom is -0.480 e. The Balaban J connectivity index is 3.93. The zero-order chi connectivity index (χ0) is 15.5. The second kappa shape index (κ2) is 10.4. The van der Waals surface area contributed by atoms with Crippen LogP contribution in [-0.2, 0) is 9.53 Å². The molecule has 0 aliphatic rings. The summed E-state index contributed by atoms with van der Waals surface area (Å²) in [7, 11) is 3.57. The first-order chi connectivity index (χ1) is 9.36. The van der Waals surface area contributed by atoms with E-state index in [0.29, 0.717) is 26.1 Å². The molecule has 0 saturated carbocycles. The van der Waals surface area contributed by atoms with Gasteiger partial charge in [0.1, 0.15) is 6.04 Å². The molecule has 0 radical (unpaired) electrons. The zero-order valence-electron chi connectivity index (χ0n) is 12.8. The first kappa shape index (κ1) is 18.7. The van der Waals surface area contributed by atoms with Crippen molar-refractivity contribution in [2.45, 2.75) is 26.3 Å². The third kappa shape index (κ3) is 9.57. The van der Waals surface area contributed by atoms with Gasteiger partial charge in [0.15, 0.2) is 0 Å². The van der Waals surface area contributed by atoms with E-state index in [2.05, 4.69) is 10.6 Å². The Morgan fingerprint density at radius 3 is 2.45 bits per heavy atom. The molecule has 0 aromatic carbocycles. The van der Waals surface area contributed by atoms with E-state index in [1.54, 1.807) is 7.11 Å². The number of nitrogens with zero attached hydrogens (tertiary/aromatic N) is 1. The van der Waals surface area contributed by atoms with Crippen LogP contribution in [0.1, 0.15) is 20.3 Å². The van der Waals surface area contributed by atoms with Crippen molar-refractivity contribution >= 4 is 12.0 Å². The molecule has 0 spiro atoms. The number of amides is 2. The second-order valence-electron chi connectivity index (χ2n) is 5.22. The van der Waals surface area contributed by atoms with Crippen molar-refractivity contribution in [1.82, 2.24) is 15.5 Å². The number of hydrogen-bond acceptors (Lipinski definition) is 4. The molecule has 20 heavy (non-hydrogen) atoms. The molecule has 0 aromatic heterocycles. The van der Waals surface area contributed by atoms with E-state index in [0.717, 1.165) is 6.54 Å². The van der Waals surface area contributed by atoms with Crippen LogP contribution in [0.2, 0.25) is 0 Å². The highest BCUT2D eigenvalue weighted by atomic mass is 16.5. The lowest BCUT2D eigenvalue weighted by molar-refractivity contribution is -0.139. The topological polar surface area (TPSA) is 90.9 Å². The van der Waals surface area contributed by atoms with Crippen LogP contribution >= 0.6 is 0 Å². The van der Waals surface area contributed by atoms with Crippen LogP contribution in [0, 0.1) is 5.92 Å². The van der Waals surface area contributed by atoms with Crippen LogP contribution in [0.5, 0.6) is 0 Å². The molecule has 3 N–H and O–H groups in total. The summed E-state index contributed by atoms with van der Waals surface area (Å²) in [6.07, 6.45) is 0.413. The minimum atomic E-state index is -1.01. The van der Waals surface area contributed by atoms with Gasteiger partial charge in [-0.15, -0.1) is 0 Å². The van der Waals surface area contributed by atoms with Crippen molar-refractivity contribution in [3.63, 3.8) is 0 Å². The molecule has 1 atom stereocenters. The van der Waals surface area contributed by atoms with Crippen LogP contribution in [-0.4, -0.2) is 68.4 Å². The molecular formula is C13H27N3O4. The summed E-state index contributed by atoms with van der Waals surface area (Å²) < 4.78 is 4.95. The molecule has 0 rings (SSSR count). The van der Waals surface area contributed by atoms with Gasteiger partial charge >= 0.3 is 12.0 Å². The number of nitrogens with one attached hydrogen (secondary N) is 2. The van der Waals surface area contributed by atoms with Gasteiger partial charge in [0.05, 0.1) is 6.61 Å². The average molecular weight is 289 g/mol. The second-order valence-corrected chi connectivity index (χ2v) is 5.22. The normalized spacial score (nSPS) is 12.5. The lowest BCUT2D eigenvalue weighted by Crippen LogP contribution is -2.48. The number of ether oxygens (including phenoxy) is 1. The van der Waals surface area contributed by atoms with Crippen LogP contribution in [0.3, 0.4) is 0 Å². The number of carbonyl (C=O) groups excluding carboxylic acids is 1. The number of methoxy groups -OCH3 is 1. The summed E-state index contributed by atoms with van der Waals surface area (Å²) in [6, 6.07) is -1.29. The predicted molar refractivity (Wildman–Crippen MR) is 76.8 cm³/mol. The Bertz CT molecular complexity index is 297. The van der Waals surface area contributed by atoms with Gasteiger partial charge in [-0.3, -0.25) is 0 Å². The van der Waals surface area contributed by atoms with Crippen molar-refractivity contribution in [3.8, 4) is 0 Å². The van der Waals surface area contributed by atoms with Gasteiger partial charge in [0.2, 0.25) is 0 Å². The van der Waals surface area contributed by atoms with Gasteiger partial charge in [-0.1, -0.05) is 13.8 Å². The summed E-state index contributed by atoms with van der Waals surface area (Å²) in [5.41, 5.74) is 0. The lowest BCUT2D eigenvalue weighted by atomic mass is 10.0. The molecule has 118 valence electrons. The zero-order valence-corrected chi connectivity index (χ0v) is 12.8. The first-order valence-electron chi connectivity index (χ1n) is 6.81. The van der Waals surface area contributed by atoms with Gasteiger partial charge in [-0.05, 0) is 19.4 Å².